The second-order valence-corrected chi connectivity index (χ2v) is 5.42. The van der Waals surface area contributed by atoms with Gasteiger partial charge in [-0.15, -0.1) is 0 Å². The highest BCUT2D eigenvalue weighted by atomic mass is 16.5. The summed E-state index contributed by atoms with van der Waals surface area (Å²) in [6, 6.07) is 0.167. The van der Waals surface area contributed by atoms with Crippen molar-refractivity contribution in [1.29, 1.82) is 0 Å². The van der Waals surface area contributed by atoms with E-state index < -0.39 is 5.97 Å². The molecule has 1 N–H and O–H groups in total. The van der Waals surface area contributed by atoms with Crippen LogP contribution in [0.3, 0.4) is 0 Å². The summed E-state index contributed by atoms with van der Waals surface area (Å²) in [7, 11) is 1.62. The van der Waals surface area contributed by atoms with E-state index in [0.29, 0.717) is 26.2 Å². The number of amides is 2. The van der Waals surface area contributed by atoms with Crippen molar-refractivity contribution < 1.29 is 19.4 Å². The number of carboxylic acids is 1. The summed E-state index contributed by atoms with van der Waals surface area (Å²) in [5, 5.41) is 8.82. The molecule has 0 aromatic carbocycles. The molecule has 2 unspecified atom stereocenters. The maximum Gasteiger partial charge on any atom is 0.320 e. The molecule has 0 spiro atoms. The standard InChI is InChI=1S/C14H26N2O4/c1-4-11(2)16(7-8-20-3)14(19)15-6-5-12(10-15)9-13(17)18/h11-12H,4-10H2,1-3H3,(H,17,18). The summed E-state index contributed by atoms with van der Waals surface area (Å²) < 4.78 is 5.06. The van der Waals surface area contributed by atoms with Crippen molar-refractivity contribution in [3.63, 3.8) is 0 Å². The van der Waals surface area contributed by atoms with Gasteiger partial charge < -0.3 is 19.6 Å². The molecule has 1 saturated heterocycles. The number of aliphatic carboxylic acids is 1. The Morgan fingerprint density at radius 2 is 2.20 bits per heavy atom. The number of carbonyl (C=O) groups excluding carboxylic acids is 1. The van der Waals surface area contributed by atoms with Crippen LogP contribution >= 0.6 is 0 Å². The lowest BCUT2D eigenvalue weighted by Gasteiger charge is -2.32. The maximum atomic E-state index is 12.5. The summed E-state index contributed by atoms with van der Waals surface area (Å²) in [4.78, 5) is 26.9. The Labute approximate surface area is 120 Å². The van der Waals surface area contributed by atoms with Gasteiger partial charge in [-0.25, -0.2) is 4.79 Å². The number of hydrogen-bond acceptors (Lipinski definition) is 3. The van der Waals surface area contributed by atoms with Crippen molar-refractivity contribution in [1.82, 2.24) is 9.80 Å². The van der Waals surface area contributed by atoms with Crippen molar-refractivity contribution in [2.45, 2.75) is 39.2 Å². The number of methoxy groups -OCH3 is 1. The van der Waals surface area contributed by atoms with Gasteiger partial charge in [-0.05, 0) is 25.7 Å². The number of urea groups is 1. The van der Waals surface area contributed by atoms with E-state index in [4.69, 9.17) is 9.84 Å². The zero-order valence-corrected chi connectivity index (χ0v) is 12.7. The van der Waals surface area contributed by atoms with E-state index in [1.165, 1.54) is 0 Å². The van der Waals surface area contributed by atoms with E-state index in [1.54, 1.807) is 12.0 Å². The van der Waals surface area contributed by atoms with Crippen LogP contribution in [0.5, 0.6) is 0 Å². The summed E-state index contributed by atoms with van der Waals surface area (Å²) in [5.74, 6) is -0.708. The van der Waals surface area contributed by atoms with Gasteiger partial charge in [0.25, 0.3) is 0 Å². The van der Waals surface area contributed by atoms with Gasteiger partial charge in [-0.2, -0.15) is 0 Å². The van der Waals surface area contributed by atoms with Crippen molar-refractivity contribution in [3.8, 4) is 0 Å². The lowest BCUT2D eigenvalue weighted by molar-refractivity contribution is -0.138. The number of rotatable bonds is 7. The normalized spacial score (nSPS) is 19.9. The van der Waals surface area contributed by atoms with Crippen LogP contribution in [-0.2, 0) is 9.53 Å². The monoisotopic (exact) mass is 286 g/mol. The zero-order valence-electron chi connectivity index (χ0n) is 12.7. The summed E-state index contributed by atoms with van der Waals surface area (Å²) in [6.45, 7) is 6.36. The number of carbonyl (C=O) groups is 2. The molecule has 1 heterocycles. The van der Waals surface area contributed by atoms with Crippen molar-refractivity contribution in [3.05, 3.63) is 0 Å². The molecule has 6 heteroatoms. The molecular weight excluding hydrogens is 260 g/mol. The molecule has 0 aromatic rings. The Bertz CT molecular complexity index is 335. The second kappa shape index (κ2) is 8.09. The van der Waals surface area contributed by atoms with Crippen molar-refractivity contribution in [2.75, 3.05) is 33.4 Å². The summed E-state index contributed by atoms with van der Waals surface area (Å²) >= 11 is 0. The van der Waals surface area contributed by atoms with Crippen molar-refractivity contribution in [2.24, 2.45) is 5.92 Å². The van der Waals surface area contributed by atoms with E-state index in [0.717, 1.165) is 12.8 Å². The van der Waals surface area contributed by atoms with E-state index in [2.05, 4.69) is 6.92 Å². The number of carboxylic acid groups (broad SMARTS) is 1. The van der Waals surface area contributed by atoms with Gasteiger partial charge >= 0.3 is 12.0 Å². The van der Waals surface area contributed by atoms with Gasteiger partial charge in [0.15, 0.2) is 0 Å². The topological polar surface area (TPSA) is 70.1 Å². The molecule has 0 aliphatic carbocycles. The van der Waals surface area contributed by atoms with Crippen LogP contribution in [0.25, 0.3) is 0 Å². The Hall–Kier alpha value is -1.30. The fraction of sp³-hybridized carbons (Fsp3) is 0.857. The quantitative estimate of drug-likeness (QED) is 0.772. The molecule has 6 nitrogen and oxygen atoms in total. The van der Waals surface area contributed by atoms with Crippen molar-refractivity contribution >= 4 is 12.0 Å². The van der Waals surface area contributed by atoms with Gasteiger partial charge in [0.1, 0.15) is 0 Å². The first-order valence-corrected chi connectivity index (χ1v) is 7.25. The Morgan fingerprint density at radius 1 is 1.50 bits per heavy atom. The van der Waals surface area contributed by atoms with Gasteiger partial charge in [0.2, 0.25) is 0 Å². The number of ether oxygens (including phenoxy) is 1. The number of likely N-dealkylation sites (tertiary alicyclic amines) is 1. The number of nitrogens with zero attached hydrogens (tertiary/aromatic N) is 2. The highest BCUT2D eigenvalue weighted by Crippen LogP contribution is 2.21. The van der Waals surface area contributed by atoms with Crippen LogP contribution in [0.2, 0.25) is 0 Å². The smallest absolute Gasteiger partial charge is 0.320 e. The van der Waals surface area contributed by atoms with Crippen LogP contribution < -0.4 is 0 Å². The van der Waals surface area contributed by atoms with Gasteiger partial charge in [-0.3, -0.25) is 4.79 Å². The van der Waals surface area contributed by atoms with Crippen LogP contribution in [0.4, 0.5) is 4.79 Å². The van der Waals surface area contributed by atoms with E-state index >= 15 is 0 Å². The molecule has 0 aromatic heterocycles. The molecule has 1 fully saturated rings. The predicted molar refractivity (Wildman–Crippen MR) is 75.7 cm³/mol. The highest BCUT2D eigenvalue weighted by Gasteiger charge is 2.31. The van der Waals surface area contributed by atoms with Crippen LogP contribution in [0.1, 0.15) is 33.1 Å². The maximum absolute atomic E-state index is 12.5. The summed E-state index contributed by atoms with van der Waals surface area (Å²) in [5.41, 5.74) is 0. The van der Waals surface area contributed by atoms with Crippen LogP contribution in [0.15, 0.2) is 0 Å². The van der Waals surface area contributed by atoms with E-state index in [1.807, 2.05) is 11.8 Å². The largest absolute Gasteiger partial charge is 0.481 e. The SMILES string of the molecule is CCC(C)N(CCOC)C(=O)N1CCC(CC(=O)O)C1. The third-order valence-electron chi connectivity index (χ3n) is 3.92. The third-order valence-corrected chi connectivity index (χ3v) is 3.92. The lowest BCUT2D eigenvalue weighted by Crippen LogP contribution is -2.47. The Morgan fingerprint density at radius 3 is 2.75 bits per heavy atom. The van der Waals surface area contributed by atoms with E-state index in [9.17, 15) is 9.59 Å². The minimum absolute atomic E-state index is 0.00397. The second-order valence-electron chi connectivity index (χ2n) is 5.42. The first kappa shape index (κ1) is 16.8. The average Bonchev–Trinajstić information content (AvgIpc) is 2.86. The molecule has 0 radical (unpaired) electrons. The first-order valence-electron chi connectivity index (χ1n) is 7.25. The minimum Gasteiger partial charge on any atom is -0.481 e. The molecule has 0 saturated carbocycles. The fourth-order valence-corrected chi connectivity index (χ4v) is 2.52. The molecular formula is C14H26N2O4. The van der Waals surface area contributed by atoms with Gasteiger partial charge in [0, 0.05) is 39.2 Å². The average molecular weight is 286 g/mol. The predicted octanol–water partition coefficient (Wildman–Crippen LogP) is 1.65. The molecule has 0 bridgehead atoms. The highest BCUT2D eigenvalue weighted by molar-refractivity contribution is 5.75. The molecule has 116 valence electrons. The molecule has 2 amide bonds. The lowest BCUT2D eigenvalue weighted by atomic mass is 10.1. The summed E-state index contributed by atoms with van der Waals surface area (Å²) in [6.07, 6.45) is 1.81. The van der Waals surface area contributed by atoms with Gasteiger partial charge in [0.05, 0.1) is 6.61 Å². The zero-order chi connectivity index (χ0) is 15.1. The van der Waals surface area contributed by atoms with Crippen LogP contribution in [-0.4, -0.2) is 66.3 Å². The van der Waals surface area contributed by atoms with E-state index in [-0.39, 0.29) is 24.4 Å². The first-order chi connectivity index (χ1) is 9.49. The molecule has 1 aliphatic heterocycles. The Balaban J connectivity index is 2.59. The minimum atomic E-state index is -0.789. The molecule has 1 rings (SSSR count). The van der Waals surface area contributed by atoms with Gasteiger partial charge in [-0.1, -0.05) is 6.92 Å². The number of hydrogen-bond donors (Lipinski definition) is 1. The van der Waals surface area contributed by atoms with Crippen LogP contribution in [0, 0.1) is 5.92 Å². The molecule has 1 aliphatic rings. The molecule has 20 heavy (non-hydrogen) atoms. The molecule has 2 atom stereocenters. The Kier molecular flexibility index (Phi) is 6.78. The third kappa shape index (κ3) is 4.67. The fourth-order valence-electron chi connectivity index (χ4n) is 2.52.